The lowest BCUT2D eigenvalue weighted by molar-refractivity contribution is -0.127. The van der Waals surface area contributed by atoms with Crippen LogP contribution in [0.4, 0.5) is 0 Å². The number of ether oxygens (including phenoxy) is 1. The molecule has 0 spiro atoms. The zero-order chi connectivity index (χ0) is 13.8. The maximum Gasteiger partial charge on any atom is 0.260 e. The van der Waals surface area contributed by atoms with E-state index in [0.717, 1.165) is 4.47 Å². The molecule has 3 N–H and O–H groups in total. The second-order valence-electron chi connectivity index (χ2n) is 4.96. The molecular formula is C14H19BrN2O2. The van der Waals surface area contributed by atoms with Crippen molar-refractivity contribution in [1.82, 2.24) is 5.32 Å². The van der Waals surface area contributed by atoms with E-state index in [4.69, 9.17) is 10.5 Å². The van der Waals surface area contributed by atoms with E-state index in [-0.39, 0.29) is 11.9 Å². The standard InChI is InChI=1S/C14H19BrN2O2/c1-9(19-12-6-4-11(15)5-7-12)14(18)17-8-13(16)10-2-3-10/h4-7,9-10,13H,2-3,8,16H2,1H3,(H,17,18). The largest absolute Gasteiger partial charge is 0.481 e. The normalized spacial score (nSPS) is 17.6. The number of nitrogens with one attached hydrogen (secondary N) is 1. The fourth-order valence-electron chi connectivity index (χ4n) is 1.82. The van der Waals surface area contributed by atoms with Gasteiger partial charge in [0, 0.05) is 17.1 Å². The lowest BCUT2D eigenvalue weighted by atomic mass is 10.2. The van der Waals surface area contributed by atoms with Crippen LogP contribution in [-0.2, 0) is 4.79 Å². The molecule has 19 heavy (non-hydrogen) atoms. The minimum absolute atomic E-state index is 0.0730. The van der Waals surface area contributed by atoms with Gasteiger partial charge in [-0.2, -0.15) is 0 Å². The van der Waals surface area contributed by atoms with E-state index in [1.165, 1.54) is 12.8 Å². The van der Waals surface area contributed by atoms with E-state index in [2.05, 4.69) is 21.2 Å². The Morgan fingerprint density at radius 3 is 2.68 bits per heavy atom. The van der Waals surface area contributed by atoms with Gasteiger partial charge in [-0.25, -0.2) is 0 Å². The Hall–Kier alpha value is -1.07. The van der Waals surface area contributed by atoms with E-state index in [9.17, 15) is 4.79 Å². The van der Waals surface area contributed by atoms with Crippen LogP contribution >= 0.6 is 15.9 Å². The highest BCUT2D eigenvalue weighted by atomic mass is 79.9. The molecule has 1 aromatic carbocycles. The van der Waals surface area contributed by atoms with Gasteiger partial charge >= 0.3 is 0 Å². The first-order chi connectivity index (χ1) is 9.06. The summed E-state index contributed by atoms with van der Waals surface area (Å²) in [6.45, 7) is 2.26. The highest BCUT2D eigenvalue weighted by molar-refractivity contribution is 9.10. The summed E-state index contributed by atoms with van der Waals surface area (Å²) in [5, 5.41) is 2.84. The van der Waals surface area contributed by atoms with Crippen molar-refractivity contribution in [2.24, 2.45) is 11.7 Å². The van der Waals surface area contributed by atoms with Gasteiger partial charge in [-0.1, -0.05) is 15.9 Å². The Morgan fingerprint density at radius 1 is 1.47 bits per heavy atom. The van der Waals surface area contributed by atoms with Crippen LogP contribution in [0.5, 0.6) is 5.75 Å². The maximum absolute atomic E-state index is 11.9. The molecule has 0 radical (unpaired) electrons. The summed E-state index contributed by atoms with van der Waals surface area (Å²) >= 11 is 3.35. The average molecular weight is 327 g/mol. The Balaban J connectivity index is 1.76. The first kappa shape index (κ1) is 14.3. The predicted molar refractivity (Wildman–Crippen MR) is 77.9 cm³/mol. The van der Waals surface area contributed by atoms with E-state index in [0.29, 0.717) is 18.2 Å². The smallest absolute Gasteiger partial charge is 0.260 e. The summed E-state index contributed by atoms with van der Waals surface area (Å²) in [5.74, 6) is 1.14. The fourth-order valence-corrected chi connectivity index (χ4v) is 2.09. The van der Waals surface area contributed by atoms with Gasteiger partial charge in [-0.3, -0.25) is 4.79 Å². The van der Waals surface area contributed by atoms with Crippen molar-refractivity contribution >= 4 is 21.8 Å². The lowest BCUT2D eigenvalue weighted by Crippen LogP contribution is -2.43. The molecule has 2 rings (SSSR count). The molecule has 2 unspecified atom stereocenters. The van der Waals surface area contributed by atoms with Crippen molar-refractivity contribution < 1.29 is 9.53 Å². The summed E-state index contributed by atoms with van der Waals surface area (Å²) in [6.07, 6.45) is 1.84. The summed E-state index contributed by atoms with van der Waals surface area (Å²) in [5.41, 5.74) is 5.94. The molecule has 0 aromatic heterocycles. The predicted octanol–water partition coefficient (Wildman–Crippen LogP) is 2.07. The molecule has 1 aliphatic carbocycles. The second kappa shape index (κ2) is 6.39. The number of hydrogen-bond donors (Lipinski definition) is 2. The van der Waals surface area contributed by atoms with Crippen LogP contribution in [-0.4, -0.2) is 24.6 Å². The van der Waals surface area contributed by atoms with Crippen LogP contribution < -0.4 is 15.8 Å². The lowest BCUT2D eigenvalue weighted by Gasteiger charge is -2.17. The highest BCUT2D eigenvalue weighted by Crippen LogP contribution is 2.31. The van der Waals surface area contributed by atoms with Gasteiger partial charge in [0.15, 0.2) is 6.10 Å². The molecule has 104 valence electrons. The Kier molecular flexibility index (Phi) is 4.82. The zero-order valence-corrected chi connectivity index (χ0v) is 12.5. The van der Waals surface area contributed by atoms with Gasteiger partial charge in [0.2, 0.25) is 0 Å². The topological polar surface area (TPSA) is 64.3 Å². The van der Waals surface area contributed by atoms with Crippen molar-refractivity contribution in [3.05, 3.63) is 28.7 Å². The SMILES string of the molecule is CC(Oc1ccc(Br)cc1)C(=O)NCC(N)C1CC1. The van der Waals surface area contributed by atoms with Gasteiger partial charge < -0.3 is 15.8 Å². The molecule has 2 atom stereocenters. The molecule has 0 aliphatic heterocycles. The third-order valence-corrected chi connectivity index (χ3v) is 3.76. The molecule has 1 fully saturated rings. The summed E-state index contributed by atoms with van der Waals surface area (Å²) in [4.78, 5) is 11.9. The second-order valence-corrected chi connectivity index (χ2v) is 5.88. The Morgan fingerprint density at radius 2 is 2.11 bits per heavy atom. The molecule has 0 saturated heterocycles. The third kappa shape index (κ3) is 4.51. The number of carbonyl (C=O) groups excluding carboxylic acids is 1. The van der Waals surface area contributed by atoms with Crippen molar-refractivity contribution in [2.45, 2.75) is 31.9 Å². The molecule has 5 heteroatoms. The van der Waals surface area contributed by atoms with E-state index >= 15 is 0 Å². The number of rotatable bonds is 6. The minimum atomic E-state index is -0.521. The number of halogens is 1. The van der Waals surface area contributed by atoms with E-state index in [1.807, 2.05) is 24.3 Å². The Labute approximate surface area is 121 Å². The number of hydrogen-bond acceptors (Lipinski definition) is 3. The molecular weight excluding hydrogens is 308 g/mol. The summed E-state index contributed by atoms with van der Waals surface area (Å²) < 4.78 is 6.54. The van der Waals surface area contributed by atoms with E-state index in [1.54, 1.807) is 6.92 Å². The fraction of sp³-hybridized carbons (Fsp3) is 0.500. The van der Waals surface area contributed by atoms with Crippen LogP contribution in [0.15, 0.2) is 28.7 Å². The monoisotopic (exact) mass is 326 g/mol. The highest BCUT2D eigenvalue weighted by Gasteiger charge is 2.28. The van der Waals surface area contributed by atoms with Gasteiger partial charge in [-0.15, -0.1) is 0 Å². The molecule has 1 aromatic rings. The summed E-state index contributed by atoms with van der Waals surface area (Å²) in [7, 11) is 0. The van der Waals surface area contributed by atoms with Crippen LogP contribution in [0.2, 0.25) is 0 Å². The molecule has 4 nitrogen and oxygen atoms in total. The summed E-state index contributed by atoms with van der Waals surface area (Å²) in [6, 6.07) is 7.48. The van der Waals surface area contributed by atoms with Crippen LogP contribution in [0, 0.1) is 5.92 Å². The van der Waals surface area contributed by atoms with Crippen LogP contribution in [0.3, 0.4) is 0 Å². The van der Waals surface area contributed by atoms with E-state index < -0.39 is 6.10 Å². The van der Waals surface area contributed by atoms with Crippen molar-refractivity contribution in [3.8, 4) is 5.75 Å². The molecule has 1 amide bonds. The molecule has 1 saturated carbocycles. The zero-order valence-electron chi connectivity index (χ0n) is 10.9. The van der Waals surface area contributed by atoms with Gasteiger partial charge in [0.1, 0.15) is 5.75 Å². The first-order valence-corrected chi connectivity index (χ1v) is 7.31. The minimum Gasteiger partial charge on any atom is -0.481 e. The van der Waals surface area contributed by atoms with Crippen molar-refractivity contribution in [1.29, 1.82) is 0 Å². The van der Waals surface area contributed by atoms with Crippen LogP contribution in [0.25, 0.3) is 0 Å². The number of nitrogens with two attached hydrogens (primary N) is 1. The quantitative estimate of drug-likeness (QED) is 0.841. The third-order valence-electron chi connectivity index (χ3n) is 3.24. The molecule has 1 aliphatic rings. The van der Waals surface area contributed by atoms with Gasteiger partial charge in [-0.05, 0) is 49.9 Å². The Bertz CT molecular complexity index is 432. The number of carbonyl (C=O) groups is 1. The van der Waals surface area contributed by atoms with Crippen molar-refractivity contribution in [3.63, 3.8) is 0 Å². The molecule has 0 bridgehead atoms. The van der Waals surface area contributed by atoms with Gasteiger partial charge in [0.25, 0.3) is 5.91 Å². The van der Waals surface area contributed by atoms with Crippen molar-refractivity contribution in [2.75, 3.05) is 6.54 Å². The van der Waals surface area contributed by atoms with Crippen LogP contribution in [0.1, 0.15) is 19.8 Å². The van der Waals surface area contributed by atoms with Gasteiger partial charge in [0.05, 0.1) is 0 Å². The maximum atomic E-state index is 11.9. The average Bonchev–Trinajstić information content (AvgIpc) is 3.22. The first-order valence-electron chi connectivity index (χ1n) is 6.52. The number of benzene rings is 1. The molecule has 0 heterocycles. The number of amides is 1.